The second-order valence-electron chi connectivity index (χ2n) is 5.46. The van der Waals surface area contributed by atoms with Crippen LogP contribution in [0.4, 0.5) is 5.69 Å². The largest absolute Gasteiger partial charge is 0.482 e. The second kappa shape index (κ2) is 7.49. The summed E-state index contributed by atoms with van der Waals surface area (Å²) in [6.45, 7) is 0.812. The number of nitrogens with zero attached hydrogens (tertiary/aromatic N) is 1. The quantitative estimate of drug-likeness (QED) is 0.856. The third-order valence-corrected chi connectivity index (χ3v) is 4.24. The summed E-state index contributed by atoms with van der Waals surface area (Å²) in [7, 11) is 0. The van der Waals surface area contributed by atoms with Crippen molar-refractivity contribution in [3.05, 3.63) is 58.6 Å². The van der Waals surface area contributed by atoms with Gasteiger partial charge in [-0.15, -0.1) is 0 Å². The van der Waals surface area contributed by atoms with Crippen LogP contribution in [0.25, 0.3) is 0 Å². The van der Waals surface area contributed by atoms with E-state index in [1.807, 2.05) is 48.5 Å². The molecule has 0 aliphatic carbocycles. The van der Waals surface area contributed by atoms with Gasteiger partial charge in [-0.05, 0) is 29.8 Å². The molecule has 5 nitrogen and oxygen atoms in total. The van der Waals surface area contributed by atoms with Gasteiger partial charge in [-0.3, -0.25) is 9.59 Å². The molecule has 0 spiro atoms. The Hall–Kier alpha value is -2.34. The first-order chi connectivity index (χ1) is 11.6. The van der Waals surface area contributed by atoms with Crippen LogP contribution < -0.4 is 15.0 Å². The van der Waals surface area contributed by atoms with Crippen LogP contribution in [0.5, 0.6) is 5.75 Å². The zero-order valence-electron chi connectivity index (χ0n) is 13.0. The average molecular weight is 389 g/mol. The van der Waals surface area contributed by atoms with Gasteiger partial charge in [0, 0.05) is 24.0 Å². The van der Waals surface area contributed by atoms with E-state index < -0.39 is 0 Å². The van der Waals surface area contributed by atoms with E-state index in [1.54, 1.807) is 4.90 Å². The molecule has 2 aromatic rings. The summed E-state index contributed by atoms with van der Waals surface area (Å²) in [4.78, 5) is 25.7. The van der Waals surface area contributed by atoms with Crippen molar-refractivity contribution in [2.24, 2.45) is 0 Å². The Morgan fingerprint density at radius 2 is 2.04 bits per heavy atom. The minimum atomic E-state index is -0.131. The molecule has 0 bridgehead atoms. The van der Waals surface area contributed by atoms with E-state index in [9.17, 15) is 9.59 Å². The van der Waals surface area contributed by atoms with Gasteiger partial charge in [0.15, 0.2) is 6.61 Å². The summed E-state index contributed by atoms with van der Waals surface area (Å²) in [6, 6.07) is 15.1. The lowest BCUT2D eigenvalue weighted by atomic mass is 10.2. The molecule has 1 aliphatic rings. The number of halogens is 1. The number of hydrogen-bond donors (Lipinski definition) is 1. The minimum absolute atomic E-state index is 0.0106. The van der Waals surface area contributed by atoms with Crippen molar-refractivity contribution in [1.29, 1.82) is 0 Å². The molecule has 6 heteroatoms. The maximum absolute atomic E-state index is 12.1. The lowest BCUT2D eigenvalue weighted by molar-refractivity contribution is -0.122. The van der Waals surface area contributed by atoms with Crippen LogP contribution in [-0.2, 0) is 16.1 Å². The number of nitrogens with one attached hydrogen (secondary N) is 1. The van der Waals surface area contributed by atoms with E-state index in [0.29, 0.717) is 24.5 Å². The van der Waals surface area contributed by atoms with Crippen molar-refractivity contribution in [1.82, 2.24) is 5.32 Å². The molecule has 2 amide bonds. The van der Waals surface area contributed by atoms with Gasteiger partial charge < -0.3 is 15.0 Å². The number of rotatable bonds is 5. The van der Waals surface area contributed by atoms with Crippen LogP contribution in [0.2, 0.25) is 0 Å². The molecule has 3 rings (SSSR count). The second-order valence-corrected chi connectivity index (χ2v) is 6.37. The first kappa shape index (κ1) is 16.5. The van der Waals surface area contributed by atoms with E-state index in [0.717, 1.165) is 10.0 Å². The highest BCUT2D eigenvalue weighted by atomic mass is 79.9. The Kier molecular flexibility index (Phi) is 5.15. The molecule has 0 saturated heterocycles. The fourth-order valence-corrected chi connectivity index (χ4v) is 3.00. The average Bonchev–Trinajstić information content (AvgIpc) is 2.59. The lowest BCUT2D eigenvalue weighted by Crippen LogP contribution is -2.41. The van der Waals surface area contributed by atoms with Gasteiger partial charge in [-0.25, -0.2) is 0 Å². The molecule has 24 heavy (non-hydrogen) atoms. The van der Waals surface area contributed by atoms with Crippen LogP contribution in [-0.4, -0.2) is 25.0 Å². The Bertz CT molecular complexity index is 763. The lowest BCUT2D eigenvalue weighted by Gasteiger charge is -2.29. The predicted molar refractivity (Wildman–Crippen MR) is 94.9 cm³/mol. The molecule has 0 saturated carbocycles. The topological polar surface area (TPSA) is 58.6 Å². The standard InChI is InChI=1S/C18H17BrN2O3/c19-14-5-3-4-13(10-14)11-20-17(22)8-9-21-15-6-1-2-7-16(15)24-12-18(21)23/h1-7,10H,8-9,11-12H2,(H,20,22). The molecule has 0 unspecified atom stereocenters. The maximum Gasteiger partial charge on any atom is 0.265 e. The van der Waals surface area contributed by atoms with Crippen LogP contribution in [0.3, 0.4) is 0 Å². The number of hydrogen-bond acceptors (Lipinski definition) is 3. The maximum atomic E-state index is 12.1. The van der Waals surface area contributed by atoms with Crippen LogP contribution in [0, 0.1) is 0 Å². The van der Waals surface area contributed by atoms with Crippen LogP contribution in [0.15, 0.2) is 53.0 Å². The highest BCUT2D eigenvalue weighted by molar-refractivity contribution is 9.10. The minimum Gasteiger partial charge on any atom is -0.482 e. The third-order valence-electron chi connectivity index (χ3n) is 3.75. The molecule has 2 aromatic carbocycles. The number of amides is 2. The fraction of sp³-hybridized carbons (Fsp3) is 0.222. The van der Waals surface area contributed by atoms with Crippen molar-refractivity contribution in [3.8, 4) is 5.75 Å². The number of ether oxygens (including phenoxy) is 1. The molecule has 1 aliphatic heterocycles. The molecule has 0 aromatic heterocycles. The molecule has 1 heterocycles. The number of benzene rings is 2. The summed E-state index contributed by atoms with van der Waals surface area (Å²) >= 11 is 3.41. The smallest absolute Gasteiger partial charge is 0.265 e. The third kappa shape index (κ3) is 3.94. The zero-order chi connectivity index (χ0) is 16.9. The monoisotopic (exact) mass is 388 g/mol. The van der Waals surface area contributed by atoms with E-state index in [1.165, 1.54) is 0 Å². The Labute approximate surface area is 148 Å². The van der Waals surface area contributed by atoms with Gasteiger partial charge in [0.1, 0.15) is 5.75 Å². The van der Waals surface area contributed by atoms with Crippen LogP contribution >= 0.6 is 15.9 Å². The van der Waals surface area contributed by atoms with Crippen molar-refractivity contribution < 1.29 is 14.3 Å². The van der Waals surface area contributed by atoms with Crippen LogP contribution in [0.1, 0.15) is 12.0 Å². The van der Waals surface area contributed by atoms with E-state index in [4.69, 9.17) is 4.74 Å². The summed E-state index contributed by atoms with van der Waals surface area (Å²) < 4.78 is 6.37. The van der Waals surface area contributed by atoms with Crippen molar-refractivity contribution in [3.63, 3.8) is 0 Å². The Morgan fingerprint density at radius 3 is 2.88 bits per heavy atom. The molecular weight excluding hydrogens is 372 g/mol. The van der Waals surface area contributed by atoms with Gasteiger partial charge in [0.25, 0.3) is 5.91 Å². The van der Waals surface area contributed by atoms with Gasteiger partial charge in [-0.1, -0.05) is 40.2 Å². The van der Waals surface area contributed by atoms with Crippen molar-refractivity contribution in [2.45, 2.75) is 13.0 Å². The molecule has 0 fully saturated rings. The number of para-hydroxylation sites is 2. The fourth-order valence-electron chi connectivity index (χ4n) is 2.55. The SMILES string of the molecule is O=C(CCN1C(=O)COc2ccccc21)NCc1cccc(Br)c1. The summed E-state index contributed by atoms with van der Waals surface area (Å²) in [5.41, 5.74) is 1.74. The normalized spacial score (nSPS) is 13.2. The molecule has 0 atom stereocenters. The molecule has 1 N–H and O–H groups in total. The number of fused-ring (bicyclic) bond motifs is 1. The Balaban J connectivity index is 1.55. The number of carbonyl (C=O) groups is 2. The Morgan fingerprint density at radius 1 is 1.21 bits per heavy atom. The van der Waals surface area contributed by atoms with Crippen molar-refractivity contribution in [2.75, 3.05) is 18.1 Å². The molecular formula is C18H17BrN2O3. The zero-order valence-corrected chi connectivity index (χ0v) is 14.6. The van der Waals surface area contributed by atoms with E-state index >= 15 is 0 Å². The van der Waals surface area contributed by atoms with Gasteiger partial charge in [-0.2, -0.15) is 0 Å². The van der Waals surface area contributed by atoms with E-state index in [2.05, 4.69) is 21.2 Å². The summed E-state index contributed by atoms with van der Waals surface area (Å²) in [6.07, 6.45) is 0.244. The summed E-state index contributed by atoms with van der Waals surface area (Å²) in [5, 5.41) is 2.88. The van der Waals surface area contributed by atoms with Gasteiger partial charge in [0.05, 0.1) is 5.69 Å². The number of carbonyl (C=O) groups excluding carboxylic acids is 2. The molecule has 0 radical (unpaired) electrons. The highest BCUT2D eigenvalue weighted by Crippen LogP contribution is 2.31. The molecule has 124 valence electrons. The van der Waals surface area contributed by atoms with Gasteiger partial charge >= 0.3 is 0 Å². The van der Waals surface area contributed by atoms with Gasteiger partial charge in [0.2, 0.25) is 5.91 Å². The van der Waals surface area contributed by atoms with Crippen molar-refractivity contribution >= 4 is 33.4 Å². The number of anilines is 1. The summed E-state index contributed by atoms with van der Waals surface area (Å²) in [5.74, 6) is 0.451. The first-order valence-corrected chi connectivity index (χ1v) is 8.46. The predicted octanol–water partition coefficient (Wildman–Crippen LogP) is 2.88. The van der Waals surface area contributed by atoms with E-state index in [-0.39, 0.29) is 24.8 Å². The highest BCUT2D eigenvalue weighted by Gasteiger charge is 2.25. The first-order valence-electron chi connectivity index (χ1n) is 7.67.